The Hall–Kier alpha value is -5.77. The van der Waals surface area contributed by atoms with E-state index in [1.165, 1.54) is 5.56 Å². The monoisotopic (exact) mass is 805 g/mol. The average molecular weight is 806 g/mol. The summed E-state index contributed by atoms with van der Waals surface area (Å²) in [5.41, 5.74) is 9.50. The smallest absolute Gasteiger partial charge is 0.320 e. The van der Waals surface area contributed by atoms with Crippen molar-refractivity contribution in [1.82, 2.24) is 35.3 Å². The Morgan fingerprint density at radius 3 is 2.27 bits per heavy atom. The minimum atomic E-state index is -0.691. The first-order valence-corrected chi connectivity index (χ1v) is 21.1. The van der Waals surface area contributed by atoms with Gasteiger partial charge in [-0.25, -0.2) is 14.8 Å². The zero-order valence-corrected chi connectivity index (χ0v) is 33.8. The van der Waals surface area contributed by atoms with E-state index in [2.05, 4.69) is 47.8 Å². The number of nitrogens with zero attached hydrogens (tertiary/aromatic N) is 7. The fourth-order valence-electron chi connectivity index (χ4n) is 9.28. The standard InChI is InChI=1S/C43H55N11O5/c1-50-23-24-54(43(50)59)34-3-2-18-53(27-34)36-25-45-38(39(44)56)40(48-36)46-32-8-4-29(5-9-32)30-16-19-51(20-17-30)26-28-14-21-52(22-15-28)33-10-6-31(7-11-33)41(57)47-35-12-13-37(55)49-42(35)58/h4-11,25,28,30,34-35H,2-3,12-24,26-27H2,1H3,(H2,44,56)(H,46,48)(H,47,57)(H,49,55,58)/t34-,35-/m1/s1. The number of nitrogens with one attached hydrogen (secondary N) is 3. The summed E-state index contributed by atoms with van der Waals surface area (Å²) < 4.78 is 0. The Balaban J connectivity index is 0.789. The molecule has 5 saturated heterocycles. The Morgan fingerprint density at radius 2 is 1.59 bits per heavy atom. The van der Waals surface area contributed by atoms with E-state index in [9.17, 15) is 24.0 Å². The second-order valence-corrected chi connectivity index (χ2v) is 16.7. The molecule has 2 aromatic carbocycles. The second-order valence-electron chi connectivity index (χ2n) is 16.7. The number of imide groups is 1. The van der Waals surface area contributed by atoms with Crippen molar-refractivity contribution in [1.29, 1.82) is 0 Å². The van der Waals surface area contributed by atoms with Crippen molar-refractivity contribution in [2.75, 3.05) is 81.1 Å². The molecule has 16 nitrogen and oxygen atoms in total. The van der Waals surface area contributed by atoms with E-state index in [0.29, 0.717) is 42.0 Å². The summed E-state index contributed by atoms with van der Waals surface area (Å²) in [6.45, 7) is 8.10. The van der Waals surface area contributed by atoms with Crippen molar-refractivity contribution >= 4 is 52.7 Å². The summed E-state index contributed by atoms with van der Waals surface area (Å²) in [4.78, 5) is 81.3. The van der Waals surface area contributed by atoms with Crippen molar-refractivity contribution in [3.8, 4) is 0 Å². The van der Waals surface area contributed by atoms with E-state index < -0.39 is 17.9 Å². The lowest BCUT2D eigenvalue weighted by atomic mass is 9.88. The van der Waals surface area contributed by atoms with E-state index >= 15 is 0 Å². The Kier molecular flexibility index (Phi) is 11.9. The van der Waals surface area contributed by atoms with Crippen LogP contribution in [0, 0.1) is 5.92 Å². The molecule has 0 bridgehead atoms. The summed E-state index contributed by atoms with van der Waals surface area (Å²) in [6.07, 6.45) is 8.45. The number of piperidine rings is 4. The number of hydrogen-bond acceptors (Lipinski definition) is 11. The maximum Gasteiger partial charge on any atom is 0.320 e. The lowest BCUT2D eigenvalue weighted by Gasteiger charge is -2.38. The number of benzene rings is 2. The molecule has 3 aromatic rings. The molecule has 312 valence electrons. The quantitative estimate of drug-likeness (QED) is 0.208. The number of aromatic nitrogens is 2. The normalized spacial score (nSPS) is 22.4. The molecular weight excluding hydrogens is 751 g/mol. The minimum absolute atomic E-state index is 0.0689. The van der Waals surface area contributed by atoms with Gasteiger partial charge in [-0.3, -0.25) is 24.5 Å². The molecule has 59 heavy (non-hydrogen) atoms. The second kappa shape index (κ2) is 17.6. The van der Waals surface area contributed by atoms with Crippen LogP contribution in [0.1, 0.15) is 83.7 Å². The van der Waals surface area contributed by atoms with Crippen molar-refractivity contribution in [2.24, 2.45) is 11.7 Å². The zero-order valence-electron chi connectivity index (χ0n) is 33.8. The van der Waals surface area contributed by atoms with Gasteiger partial charge in [0.25, 0.3) is 11.8 Å². The average Bonchev–Trinajstić information content (AvgIpc) is 3.59. The van der Waals surface area contributed by atoms with Crippen molar-refractivity contribution in [2.45, 2.75) is 69.4 Å². The van der Waals surface area contributed by atoms with Gasteiger partial charge < -0.3 is 40.9 Å². The number of anilines is 4. The number of primary amides is 1. The van der Waals surface area contributed by atoms with Crippen molar-refractivity contribution in [3.05, 3.63) is 71.5 Å². The van der Waals surface area contributed by atoms with Crippen LogP contribution in [0.4, 0.5) is 27.8 Å². The van der Waals surface area contributed by atoms with Crippen LogP contribution in [0.25, 0.3) is 0 Å². The van der Waals surface area contributed by atoms with Gasteiger partial charge in [0.2, 0.25) is 11.8 Å². The van der Waals surface area contributed by atoms with Crippen LogP contribution < -0.4 is 31.5 Å². The number of likely N-dealkylation sites (tertiary alicyclic amines) is 1. The molecule has 0 unspecified atom stereocenters. The van der Waals surface area contributed by atoms with Crippen molar-refractivity contribution in [3.63, 3.8) is 0 Å². The van der Waals surface area contributed by atoms with Crippen LogP contribution in [-0.2, 0) is 9.59 Å². The van der Waals surface area contributed by atoms with Gasteiger partial charge in [0.1, 0.15) is 11.9 Å². The number of rotatable bonds is 11. The van der Waals surface area contributed by atoms with Crippen LogP contribution in [0.2, 0.25) is 0 Å². The maximum absolute atomic E-state index is 12.7. The number of urea groups is 1. The summed E-state index contributed by atoms with van der Waals surface area (Å²) in [5, 5.41) is 8.33. The van der Waals surface area contributed by atoms with E-state index in [-0.39, 0.29) is 36.0 Å². The molecule has 6 amide bonds. The molecule has 5 aliphatic rings. The van der Waals surface area contributed by atoms with Gasteiger partial charge in [-0.1, -0.05) is 12.1 Å². The summed E-state index contributed by atoms with van der Waals surface area (Å²) in [5.74, 6) is 0.383. The summed E-state index contributed by atoms with van der Waals surface area (Å²) in [6, 6.07) is 15.4. The van der Waals surface area contributed by atoms with E-state index in [4.69, 9.17) is 10.7 Å². The fourth-order valence-corrected chi connectivity index (χ4v) is 9.28. The molecule has 6 heterocycles. The van der Waals surface area contributed by atoms with Crippen LogP contribution in [-0.4, -0.2) is 132 Å². The molecule has 2 atom stereocenters. The first-order chi connectivity index (χ1) is 28.6. The number of amides is 6. The third-order valence-electron chi connectivity index (χ3n) is 12.8. The predicted octanol–water partition coefficient (Wildman–Crippen LogP) is 3.29. The van der Waals surface area contributed by atoms with Gasteiger partial charge in [-0.15, -0.1) is 0 Å². The number of likely N-dealkylation sites (N-methyl/N-ethyl adjacent to an activating group) is 1. The molecule has 16 heteroatoms. The minimum Gasteiger partial charge on any atom is -0.372 e. The third kappa shape index (κ3) is 9.27. The van der Waals surface area contributed by atoms with E-state index in [0.717, 1.165) is 102 Å². The Bertz CT molecular complexity index is 2030. The zero-order chi connectivity index (χ0) is 41.0. The number of carbonyl (C=O) groups excluding carboxylic acids is 5. The van der Waals surface area contributed by atoms with Gasteiger partial charge in [0.15, 0.2) is 11.5 Å². The number of nitrogens with two attached hydrogens (primary N) is 1. The van der Waals surface area contributed by atoms with Crippen LogP contribution in [0.5, 0.6) is 0 Å². The van der Waals surface area contributed by atoms with Crippen LogP contribution in [0.3, 0.4) is 0 Å². The number of hydrogen-bond donors (Lipinski definition) is 4. The molecule has 5 N–H and O–H groups in total. The molecule has 8 rings (SSSR count). The molecule has 5 aliphatic heterocycles. The maximum atomic E-state index is 12.7. The lowest BCUT2D eigenvalue weighted by molar-refractivity contribution is -0.134. The fraction of sp³-hybridized carbons (Fsp3) is 0.512. The molecular formula is C43H55N11O5. The van der Waals surface area contributed by atoms with Gasteiger partial charge >= 0.3 is 6.03 Å². The first kappa shape index (κ1) is 40.0. The highest BCUT2D eigenvalue weighted by Crippen LogP contribution is 2.32. The summed E-state index contributed by atoms with van der Waals surface area (Å²) >= 11 is 0. The largest absolute Gasteiger partial charge is 0.372 e. The molecule has 0 radical (unpaired) electrons. The Morgan fingerprint density at radius 1 is 0.847 bits per heavy atom. The summed E-state index contributed by atoms with van der Waals surface area (Å²) in [7, 11) is 1.84. The third-order valence-corrected chi connectivity index (χ3v) is 12.8. The van der Waals surface area contributed by atoms with Gasteiger partial charge in [0.05, 0.1) is 12.2 Å². The van der Waals surface area contributed by atoms with Crippen molar-refractivity contribution < 1.29 is 24.0 Å². The predicted molar refractivity (Wildman–Crippen MR) is 224 cm³/mol. The SMILES string of the molecule is CN1CCN([C@@H]2CCCN(c3cnc(C(N)=O)c(Nc4ccc(C5CCN(CC6CCN(c7ccc(C(=O)N[C@@H]8CCC(=O)NC8=O)cc7)CC6)CC5)cc4)n3)C2)C1=O. The topological polar surface area (TPSA) is 189 Å². The van der Waals surface area contributed by atoms with E-state index in [1.54, 1.807) is 23.2 Å². The molecule has 0 aliphatic carbocycles. The highest BCUT2D eigenvalue weighted by atomic mass is 16.2. The van der Waals surface area contributed by atoms with E-state index in [1.807, 2.05) is 36.2 Å². The molecule has 1 aromatic heterocycles. The highest BCUT2D eigenvalue weighted by Gasteiger charge is 2.35. The highest BCUT2D eigenvalue weighted by molar-refractivity contribution is 6.04. The van der Waals surface area contributed by atoms with Gasteiger partial charge in [0, 0.05) is 76.2 Å². The van der Waals surface area contributed by atoms with Gasteiger partial charge in [-0.2, -0.15) is 0 Å². The molecule has 5 fully saturated rings. The van der Waals surface area contributed by atoms with Crippen LogP contribution >= 0.6 is 0 Å². The Labute approximate surface area is 344 Å². The lowest BCUT2D eigenvalue weighted by Crippen LogP contribution is -2.52. The van der Waals surface area contributed by atoms with Gasteiger partial charge in [-0.05, 0) is 112 Å². The molecule has 0 spiro atoms. The number of carbonyl (C=O) groups is 5. The molecule has 0 saturated carbocycles. The van der Waals surface area contributed by atoms with Crippen LogP contribution in [0.15, 0.2) is 54.7 Å². The first-order valence-electron chi connectivity index (χ1n) is 21.1.